The fraction of sp³-hybridized carbons (Fsp3) is 0.611. The van der Waals surface area contributed by atoms with Crippen molar-refractivity contribution >= 4 is 5.91 Å². The summed E-state index contributed by atoms with van der Waals surface area (Å²) in [4.78, 5) is 14.0. The van der Waals surface area contributed by atoms with Crippen LogP contribution in [0.4, 0.5) is 4.39 Å². The Morgan fingerprint density at radius 3 is 2.70 bits per heavy atom. The second-order valence-corrected chi connectivity index (χ2v) is 6.48. The molecule has 1 aliphatic rings. The van der Waals surface area contributed by atoms with Crippen molar-refractivity contribution in [1.82, 2.24) is 10.2 Å². The second-order valence-electron chi connectivity index (χ2n) is 6.48. The Hall–Kier alpha value is -1.62. The van der Waals surface area contributed by atoms with Crippen molar-refractivity contribution in [2.75, 3.05) is 26.7 Å². The van der Waals surface area contributed by atoms with Crippen LogP contribution in [-0.2, 0) is 4.79 Å². The molecule has 0 saturated heterocycles. The monoisotopic (exact) mass is 322 g/mol. The first-order chi connectivity index (χ1) is 11.0. The van der Waals surface area contributed by atoms with Crippen LogP contribution in [-0.4, -0.2) is 43.6 Å². The van der Waals surface area contributed by atoms with E-state index < -0.39 is 0 Å². The maximum absolute atomic E-state index is 12.8. The van der Waals surface area contributed by atoms with Crippen molar-refractivity contribution in [1.29, 1.82) is 0 Å². The van der Waals surface area contributed by atoms with Gasteiger partial charge in [0.05, 0.1) is 6.54 Å². The molecule has 4 nitrogen and oxygen atoms in total. The predicted molar refractivity (Wildman–Crippen MR) is 89.0 cm³/mol. The summed E-state index contributed by atoms with van der Waals surface area (Å²) in [7, 11) is 1.90. The molecule has 1 aromatic carbocycles. The van der Waals surface area contributed by atoms with Gasteiger partial charge >= 0.3 is 0 Å². The van der Waals surface area contributed by atoms with E-state index in [1.165, 1.54) is 31.4 Å². The summed E-state index contributed by atoms with van der Waals surface area (Å²) in [6.07, 6.45) is 4.77. The lowest BCUT2D eigenvalue weighted by Crippen LogP contribution is -2.45. The highest BCUT2D eigenvalue weighted by Crippen LogP contribution is 2.23. The number of carbonyl (C=O) groups excluding carboxylic acids is 1. The van der Waals surface area contributed by atoms with Gasteiger partial charge in [-0.1, -0.05) is 19.8 Å². The standard InChI is InChI=1S/C18H27FN2O2/c1-14-5-3-4-6-17(14)20-18(22)13-21(2)11-12-23-16-9-7-15(19)8-10-16/h7-10,14,17H,3-6,11-13H2,1-2H3,(H,20,22)/t14-,17+/m0/s1. The normalized spacial score (nSPS) is 21.2. The largest absolute Gasteiger partial charge is 0.492 e. The van der Waals surface area contributed by atoms with E-state index in [0.717, 1.165) is 6.42 Å². The van der Waals surface area contributed by atoms with Crippen LogP contribution in [0.3, 0.4) is 0 Å². The number of likely N-dealkylation sites (N-methyl/N-ethyl adjacent to an activating group) is 1. The molecule has 23 heavy (non-hydrogen) atoms. The highest BCUT2D eigenvalue weighted by Gasteiger charge is 2.22. The molecule has 0 aliphatic heterocycles. The van der Waals surface area contributed by atoms with Gasteiger partial charge in [0, 0.05) is 12.6 Å². The van der Waals surface area contributed by atoms with Crippen molar-refractivity contribution in [2.24, 2.45) is 5.92 Å². The van der Waals surface area contributed by atoms with Gasteiger partial charge in [-0.3, -0.25) is 9.69 Å². The zero-order valence-corrected chi connectivity index (χ0v) is 14.1. The Kier molecular flexibility index (Phi) is 6.84. The van der Waals surface area contributed by atoms with Crippen LogP contribution in [0.5, 0.6) is 5.75 Å². The quantitative estimate of drug-likeness (QED) is 0.839. The molecule has 2 atom stereocenters. The van der Waals surface area contributed by atoms with Crippen LogP contribution in [0.25, 0.3) is 0 Å². The second kappa shape index (κ2) is 8.87. The van der Waals surface area contributed by atoms with E-state index in [9.17, 15) is 9.18 Å². The van der Waals surface area contributed by atoms with Crippen molar-refractivity contribution < 1.29 is 13.9 Å². The first-order valence-corrected chi connectivity index (χ1v) is 8.41. The minimum Gasteiger partial charge on any atom is -0.492 e. The number of carbonyl (C=O) groups is 1. The van der Waals surface area contributed by atoms with Gasteiger partial charge in [0.15, 0.2) is 0 Å². The summed E-state index contributed by atoms with van der Waals surface area (Å²) in [5.41, 5.74) is 0. The third-order valence-electron chi connectivity index (χ3n) is 4.43. The fourth-order valence-electron chi connectivity index (χ4n) is 2.96. The highest BCUT2D eigenvalue weighted by atomic mass is 19.1. The maximum Gasteiger partial charge on any atom is 0.234 e. The molecule has 1 N–H and O–H groups in total. The molecular weight excluding hydrogens is 295 g/mol. The Labute approximate surface area is 138 Å². The molecule has 0 spiro atoms. The summed E-state index contributed by atoms with van der Waals surface area (Å²) in [6, 6.07) is 6.27. The minimum absolute atomic E-state index is 0.0769. The van der Waals surface area contributed by atoms with E-state index in [-0.39, 0.29) is 11.7 Å². The number of nitrogens with one attached hydrogen (secondary N) is 1. The predicted octanol–water partition coefficient (Wildman–Crippen LogP) is 2.83. The number of ether oxygens (including phenoxy) is 1. The fourth-order valence-corrected chi connectivity index (χ4v) is 2.96. The van der Waals surface area contributed by atoms with Gasteiger partial charge in [-0.25, -0.2) is 4.39 Å². The van der Waals surface area contributed by atoms with E-state index in [1.54, 1.807) is 12.1 Å². The third kappa shape index (κ3) is 6.18. The van der Waals surface area contributed by atoms with Crippen molar-refractivity contribution in [3.05, 3.63) is 30.1 Å². The van der Waals surface area contributed by atoms with E-state index in [1.807, 2.05) is 11.9 Å². The number of amides is 1. The van der Waals surface area contributed by atoms with Crippen LogP contribution < -0.4 is 10.1 Å². The number of rotatable bonds is 7. The third-order valence-corrected chi connectivity index (χ3v) is 4.43. The topological polar surface area (TPSA) is 41.6 Å². The molecule has 1 aromatic rings. The van der Waals surface area contributed by atoms with Crippen molar-refractivity contribution in [3.8, 4) is 5.75 Å². The maximum atomic E-state index is 12.8. The van der Waals surface area contributed by atoms with Crippen LogP contribution >= 0.6 is 0 Å². The average Bonchev–Trinajstić information content (AvgIpc) is 2.51. The summed E-state index contributed by atoms with van der Waals surface area (Å²) in [5, 5.41) is 3.15. The van der Waals surface area contributed by atoms with Crippen LogP contribution in [0.1, 0.15) is 32.6 Å². The lowest BCUT2D eigenvalue weighted by molar-refractivity contribution is -0.123. The molecule has 0 aromatic heterocycles. The molecule has 1 aliphatic carbocycles. The number of benzene rings is 1. The molecule has 128 valence electrons. The number of halogens is 1. The summed E-state index contributed by atoms with van der Waals surface area (Å²) < 4.78 is 18.3. The first kappa shape index (κ1) is 17.7. The summed E-state index contributed by atoms with van der Waals surface area (Å²) in [5.74, 6) is 1.01. The number of hydrogen-bond acceptors (Lipinski definition) is 3. The van der Waals surface area contributed by atoms with Gasteiger partial charge in [0.2, 0.25) is 5.91 Å². The first-order valence-electron chi connectivity index (χ1n) is 8.41. The van der Waals surface area contributed by atoms with E-state index >= 15 is 0 Å². The molecule has 1 saturated carbocycles. The lowest BCUT2D eigenvalue weighted by Gasteiger charge is -2.30. The van der Waals surface area contributed by atoms with Gasteiger partial charge in [-0.2, -0.15) is 0 Å². The lowest BCUT2D eigenvalue weighted by atomic mass is 9.86. The van der Waals surface area contributed by atoms with E-state index in [0.29, 0.717) is 37.4 Å². The zero-order valence-electron chi connectivity index (χ0n) is 14.1. The molecule has 0 unspecified atom stereocenters. The van der Waals surface area contributed by atoms with Gasteiger partial charge < -0.3 is 10.1 Å². The zero-order chi connectivity index (χ0) is 16.7. The smallest absolute Gasteiger partial charge is 0.234 e. The molecule has 0 radical (unpaired) electrons. The van der Waals surface area contributed by atoms with Gasteiger partial charge in [-0.15, -0.1) is 0 Å². The Morgan fingerprint density at radius 1 is 1.30 bits per heavy atom. The molecule has 2 rings (SSSR count). The van der Waals surface area contributed by atoms with Crippen molar-refractivity contribution in [3.63, 3.8) is 0 Å². The molecule has 1 amide bonds. The van der Waals surface area contributed by atoms with E-state index in [2.05, 4.69) is 12.2 Å². The molecule has 1 fully saturated rings. The van der Waals surface area contributed by atoms with Crippen LogP contribution in [0.2, 0.25) is 0 Å². The van der Waals surface area contributed by atoms with Crippen molar-refractivity contribution in [2.45, 2.75) is 38.6 Å². The SMILES string of the molecule is C[C@H]1CCCC[C@H]1NC(=O)CN(C)CCOc1ccc(F)cc1. The Bertz CT molecular complexity index is 492. The van der Waals surface area contributed by atoms with Gasteiger partial charge in [0.1, 0.15) is 18.2 Å². The average molecular weight is 322 g/mol. The van der Waals surface area contributed by atoms with Gasteiger partial charge in [0.25, 0.3) is 0 Å². The van der Waals surface area contributed by atoms with Crippen LogP contribution in [0.15, 0.2) is 24.3 Å². The molecule has 0 heterocycles. The minimum atomic E-state index is -0.275. The Balaban J connectivity index is 1.64. The molecule has 0 bridgehead atoms. The summed E-state index contributed by atoms with van der Waals surface area (Å²) >= 11 is 0. The summed E-state index contributed by atoms with van der Waals surface area (Å²) in [6.45, 7) is 3.70. The van der Waals surface area contributed by atoms with Gasteiger partial charge in [-0.05, 0) is 50.1 Å². The molecule has 5 heteroatoms. The van der Waals surface area contributed by atoms with Crippen LogP contribution in [0, 0.1) is 11.7 Å². The highest BCUT2D eigenvalue weighted by molar-refractivity contribution is 5.78. The Morgan fingerprint density at radius 2 is 2.00 bits per heavy atom. The number of hydrogen-bond donors (Lipinski definition) is 1. The number of nitrogens with zero attached hydrogens (tertiary/aromatic N) is 1. The van der Waals surface area contributed by atoms with E-state index in [4.69, 9.17) is 4.74 Å². The molecular formula is C18H27FN2O2.